The van der Waals surface area contributed by atoms with E-state index in [4.69, 9.17) is 0 Å². The predicted molar refractivity (Wildman–Crippen MR) is 60.6 cm³/mol. The fraction of sp³-hybridized carbons (Fsp3) is 0.727. The summed E-state index contributed by atoms with van der Waals surface area (Å²) < 4.78 is 2.22. The van der Waals surface area contributed by atoms with E-state index in [9.17, 15) is 0 Å². The Labute approximate surface area is 91.3 Å². The first-order chi connectivity index (χ1) is 7.31. The van der Waals surface area contributed by atoms with Gasteiger partial charge in [0.2, 0.25) is 0 Å². The number of rotatable bonds is 3. The Kier molecular flexibility index (Phi) is 3.38. The van der Waals surface area contributed by atoms with Crippen LogP contribution >= 0.6 is 0 Å². The molecule has 84 valence electrons. The Morgan fingerprint density at radius 1 is 1.60 bits per heavy atom. The van der Waals surface area contributed by atoms with Gasteiger partial charge in [-0.3, -0.25) is 4.90 Å². The van der Waals surface area contributed by atoms with E-state index in [1.807, 2.05) is 6.20 Å². The molecule has 15 heavy (non-hydrogen) atoms. The zero-order valence-electron chi connectivity index (χ0n) is 9.61. The van der Waals surface area contributed by atoms with Crippen LogP contribution in [0.15, 0.2) is 12.4 Å². The van der Waals surface area contributed by atoms with Crippen molar-refractivity contribution < 1.29 is 0 Å². The summed E-state index contributed by atoms with van der Waals surface area (Å²) in [5.41, 5.74) is 0. The minimum absolute atomic E-state index is 0.612. The normalized spacial score (nSPS) is 23.2. The zero-order valence-corrected chi connectivity index (χ0v) is 9.61. The van der Waals surface area contributed by atoms with Gasteiger partial charge in [-0.25, -0.2) is 4.98 Å². The maximum atomic E-state index is 4.42. The van der Waals surface area contributed by atoms with Crippen LogP contribution in [-0.4, -0.2) is 40.1 Å². The van der Waals surface area contributed by atoms with E-state index in [1.165, 1.54) is 5.82 Å². The van der Waals surface area contributed by atoms with E-state index in [2.05, 4.69) is 39.8 Å². The average Bonchev–Trinajstić information content (AvgIpc) is 2.69. The molecule has 2 rings (SSSR count). The first-order valence-electron chi connectivity index (χ1n) is 5.76. The Hall–Kier alpha value is -0.870. The van der Waals surface area contributed by atoms with Gasteiger partial charge in [0, 0.05) is 44.6 Å². The number of nitrogens with zero attached hydrogens (tertiary/aromatic N) is 3. The monoisotopic (exact) mass is 208 g/mol. The number of hydrogen-bond donors (Lipinski definition) is 1. The standard InChI is InChI=1S/C11H20N4/c1-3-14-7-5-13-11(14)9-15-6-4-12-8-10(15)2/h5,7,10,12H,3-4,6,8-9H2,1-2H3/t10-/m0/s1. The number of aromatic nitrogens is 2. The summed E-state index contributed by atoms with van der Waals surface area (Å²) in [7, 11) is 0. The molecule has 1 aliphatic rings. The molecule has 0 amide bonds. The van der Waals surface area contributed by atoms with Crippen LogP contribution in [0.5, 0.6) is 0 Å². The lowest BCUT2D eigenvalue weighted by molar-refractivity contribution is 0.160. The minimum atomic E-state index is 0.612. The molecule has 0 spiro atoms. The summed E-state index contributed by atoms with van der Waals surface area (Å²) in [6, 6.07) is 0.612. The molecule has 0 radical (unpaired) electrons. The molecule has 0 unspecified atom stereocenters. The third-order valence-corrected chi connectivity index (χ3v) is 3.13. The third-order valence-electron chi connectivity index (χ3n) is 3.13. The molecule has 4 nitrogen and oxygen atoms in total. The van der Waals surface area contributed by atoms with Gasteiger partial charge in [-0.1, -0.05) is 0 Å². The Bertz CT molecular complexity index is 307. The highest BCUT2D eigenvalue weighted by atomic mass is 15.2. The van der Waals surface area contributed by atoms with Gasteiger partial charge >= 0.3 is 0 Å². The van der Waals surface area contributed by atoms with Gasteiger partial charge in [-0.2, -0.15) is 0 Å². The molecule has 1 aromatic rings. The quantitative estimate of drug-likeness (QED) is 0.793. The lowest BCUT2D eigenvalue weighted by Crippen LogP contribution is -2.49. The van der Waals surface area contributed by atoms with Gasteiger partial charge in [0.25, 0.3) is 0 Å². The van der Waals surface area contributed by atoms with Crippen molar-refractivity contribution in [3.8, 4) is 0 Å². The van der Waals surface area contributed by atoms with Crippen LogP contribution in [-0.2, 0) is 13.1 Å². The number of hydrogen-bond acceptors (Lipinski definition) is 3. The molecule has 0 aromatic carbocycles. The second-order valence-electron chi connectivity index (χ2n) is 4.15. The Morgan fingerprint density at radius 2 is 2.47 bits per heavy atom. The molecule has 1 aromatic heterocycles. The molecule has 1 aliphatic heterocycles. The van der Waals surface area contributed by atoms with Gasteiger partial charge in [-0.15, -0.1) is 0 Å². The third kappa shape index (κ3) is 2.38. The number of imidazole rings is 1. The number of aryl methyl sites for hydroxylation is 1. The van der Waals surface area contributed by atoms with Crippen LogP contribution in [0.25, 0.3) is 0 Å². The fourth-order valence-electron chi connectivity index (χ4n) is 2.08. The molecule has 1 N–H and O–H groups in total. The van der Waals surface area contributed by atoms with E-state index >= 15 is 0 Å². The molecule has 0 aliphatic carbocycles. The largest absolute Gasteiger partial charge is 0.334 e. The fourth-order valence-corrected chi connectivity index (χ4v) is 2.08. The van der Waals surface area contributed by atoms with Crippen molar-refractivity contribution in [3.63, 3.8) is 0 Å². The van der Waals surface area contributed by atoms with Crippen LogP contribution in [0.3, 0.4) is 0 Å². The maximum Gasteiger partial charge on any atom is 0.122 e. The minimum Gasteiger partial charge on any atom is -0.334 e. The topological polar surface area (TPSA) is 33.1 Å². The van der Waals surface area contributed by atoms with E-state index in [0.29, 0.717) is 6.04 Å². The van der Waals surface area contributed by atoms with Crippen molar-refractivity contribution in [3.05, 3.63) is 18.2 Å². The molecule has 0 saturated carbocycles. The summed E-state index contributed by atoms with van der Waals surface area (Å²) in [6.45, 7) is 9.72. The first kappa shape index (κ1) is 10.6. The van der Waals surface area contributed by atoms with Crippen molar-refractivity contribution in [2.75, 3.05) is 19.6 Å². The lowest BCUT2D eigenvalue weighted by atomic mass is 10.2. The highest BCUT2D eigenvalue weighted by Crippen LogP contribution is 2.08. The highest BCUT2D eigenvalue weighted by Gasteiger charge is 2.19. The Morgan fingerprint density at radius 3 is 3.20 bits per heavy atom. The van der Waals surface area contributed by atoms with E-state index < -0.39 is 0 Å². The summed E-state index contributed by atoms with van der Waals surface area (Å²) in [5.74, 6) is 1.19. The smallest absolute Gasteiger partial charge is 0.122 e. The van der Waals surface area contributed by atoms with Crippen LogP contribution in [0.2, 0.25) is 0 Å². The second-order valence-corrected chi connectivity index (χ2v) is 4.15. The van der Waals surface area contributed by atoms with Crippen molar-refractivity contribution in [1.29, 1.82) is 0 Å². The summed E-state index contributed by atoms with van der Waals surface area (Å²) in [4.78, 5) is 6.91. The van der Waals surface area contributed by atoms with E-state index in [0.717, 1.165) is 32.7 Å². The van der Waals surface area contributed by atoms with Crippen LogP contribution in [0, 0.1) is 0 Å². The number of piperazine rings is 1. The van der Waals surface area contributed by atoms with Crippen molar-refractivity contribution >= 4 is 0 Å². The molecule has 2 heterocycles. The van der Waals surface area contributed by atoms with Crippen molar-refractivity contribution in [2.45, 2.75) is 33.0 Å². The SMILES string of the molecule is CCn1ccnc1CN1CCNC[C@@H]1C. The van der Waals surface area contributed by atoms with Gasteiger partial charge < -0.3 is 9.88 Å². The molecular formula is C11H20N4. The van der Waals surface area contributed by atoms with Gasteiger partial charge in [0.15, 0.2) is 0 Å². The predicted octanol–water partition coefficient (Wildman–Crippen LogP) is 0.697. The highest BCUT2D eigenvalue weighted by molar-refractivity contribution is 4.93. The number of nitrogens with one attached hydrogen (secondary N) is 1. The van der Waals surface area contributed by atoms with E-state index in [1.54, 1.807) is 0 Å². The maximum absolute atomic E-state index is 4.42. The lowest BCUT2D eigenvalue weighted by Gasteiger charge is -2.33. The first-order valence-corrected chi connectivity index (χ1v) is 5.76. The second kappa shape index (κ2) is 4.77. The molecule has 0 bridgehead atoms. The zero-order chi connectivity index (χ0) is 10.7. The van der Waals surface area contributed by atoms with Crippen molar-refractivity contribution in [2.24, 2.45) is 0 Å². The van der Waals surface area contributed by atoms with Crippen LogP contribution in [0.4, 0.5) is 0 Å². The Balaban J connectivity index is 2.01. The molecular weight excluding hydrogens is 188 g/mol. The molecule has 1 atom stereocenters. The molecule has 4 heteroatoms. The van der Waals surface area contributed by atoms with Crippen molar-refractivity contribution in [1.82, 2.24) is 19.8 Å². The molecule has 1 saturated heterocycles. The van der Waals surface area contributed by atoms with E-state index in [-0.39, 0.29) is 0 Å². The van der Waals surface area contributed by atoms with Gasteiger partial charge in [0.05, 0.1) is 6.54 Å². The summed E-state index contributed by atoms with van der Waals surface area (Å²) in [6.07, 6.45) is 3.95. The van der Waals surface area contributed by atoms with Crippen LogP contribution < -0.4 is 5.32 Å². The van der Waals surface area contributed by atoms with Gasteiger partial charge in [0.1, 0.15) is 5.82 Å². The average molecular weight is 208 g/mol. The molecule has 1 fully saturated rings. The summed E-state index contributed by atoms with van der Waals surface area (Å²) >= 11 is 0. The summed E-state index contributed by atoms with van der Waals surface area (Å²) in [5, 5.41) is 3.40. The van der Waals surface area contributed by atoms with Gasteiger partial charge in [-0.05, 0) is 13.8 Å². The van der Waals surface area contributed by atoms with Crippen LogP contribution in [0.1, 0.15) is 19.7 Å².